The predicted molar refractivity (Wildman–Crippen MR) is 188 cm³/mol. The molecule has 0 spiro atoms. The van der Waals surface area contributed by atoms with E-state index in [1.165, 1.54) is 192 Å². The second-order valence-corrected chi connectivity index (χ2v) is 13.0. The molecule has 0 aromatic heterocycles. The zero-order chi connectivity index (χ0) is 31.3. The molecule has 252 valence electrons. The van der Waals surface area contributed by atoms with Gasteiger partial charge in [-0.05, 0) is 25.7 Å². The number of esters is 2. The fourth-order valence-corrected chi connectivity index (χ4v) is 5.79. The lowest BCUT2D eigenvalue weighted by Gasteiger charge is -2.03. The molecule has 0 aliphatic rings. The first kappa shape index (κ1) is 41.6. The van der Waals surface area contributed by atoms with Gasteiger partial charge >= 0.3 is 11.9 Å². The van der Waals surface area contributed by atoms with E-state index in [9.17, 15) is 9.59 Å². The zero-order valence-electron chi connectivity index (χ0n) is 29.2. The molecule has 0 unspecified atom stereocenters. The number of hydrogen-bond acceptors (Lipinski definition) is 3. The normalized spacial score (nSPS) is 11.7. The van der Waals surface area contributed by atoms with E-state index in [1.807, 2.05) is 12.2 Å². The summed E-state index contributed by atoms with van der Waals surface area (Å²) in [7, 11) is 0. The van der Waals surface area contributed by atoms with Crippen molar-refractivity contribution in [3.63, 3.8) is 0 Å². The Kier molecular flexibility index (Phi) is 35.6. The van der Waals surface area contributed by atoms with Gasteiger partial charge < -0.3 is 4.74 Å². The highest BCUT2D eigenvalue weighted by atomic mass is 16.6. The van der Waals surface area contributed by atoms with Crippen LogP contribution < -0.4 is 0 Å². The van der Waals surface area contributed by atoms with Crippen LogP contribution in [0.5, 0.6) is 0 Å². The highest BCUT2D eigenvalue weighted by Gasteiger charge is 2.03. The molecule has 0 aromatic carbocycles. The minimum atomic E-state index is -0.553. The smallest absolute Gasteiger partial charge is 0.338 e. The van der Waals surface area contributed by atoms with Gasteiger partial charge in [-0.1, -0.05) is 206 Å². The largest absolute Gasteiger partial charge is 0.387 e. The molecule has 0 saturated carbocycles. The molecule has 0 saturated heterocycles. The third-order valence-corrected chi connectivity index (χ3v) is 8.66. The Morgan fingerprint density at radius 2 is 0.558 bits per heavy atom. The van der Waals surface area contributed by atoms with E-state index in [2.05, 4.69) is 13.8 Å². The van der Waals surface area contributed by atoms with Crippen molar-refractivity contribution in [2.45, 2.75) is 219 Å². The first-order valence-corrected chi connectivity index (χ1v) is 19.3. The van der Waals surface area contributed by atoms with E-state index in [0.29, 0.717) is 0 Å². The van der Waals surface area contributed by atoms with Gasteiger partial charge in [0.15, 0.2) is 0 Å². The summed E-state index contributed by atoms with van der Waals surface area (Å²) in [5, 5.41) is 0. The van der Waals surface area contributed by atoms with Gasteiger partial charge in [0.1, 0.15) is 0 Å². The van der Waals surface area contributed by atoms with Crippen molar-refractivity contribution in [3.05, 3.63) is 24.3 Å². The quantitative estimate of drug-likeness (QED) is 0.0318. The third kappa shape index (κ3) is 36.7. The van der Waals surface area contributed by atoms with Crippen molar-refractivity contribution in [2.75, 3.05) is 0 Å². The Morgan fingerprint density at radius 1 is 0.349 bits per heavy atom. The maximum atomic E-state index is 11.8. The Bertz CT molecular complexity index is 582. The molecule has 43 heavy (non-hydrogen) atoms. The summed E-state index contributed by atoms with van der Waals surface area (Å²) >= 11 is 0. The van der Waals surface area contributed by atoms with Crippen molar-refractivity contribution in [2.24, 2.45) is 0 Å². The molecule has 0 rings (SSSR count). The number of hydrogen-bond donors (Lipinski definition) is 0. The second kappa shape index (κ2) is 36.8. The molecule has 0 N–H and O–H groups in total. The van der Waals surface area contributed by atoms with E-state index >= 15 is 0 Å². The predicted octanol–water partition coefficient (Wildman–Crippen LogP) is 13.7. The fourth-order valence-electron chi connectivity index (χ4n) is 5.79. The molecule has 0 amide bonds. The summed E-state index contributed by atoms with van der Waals surface area (Å²) in [6, 6.07) is 0. The standard InChI is InChI=1S/C40H74O3/c1-3-5-7-9-11-13-15-17-19-21-23-25-27-29-31-33-35-37-39(41)43-40(42)38-36-34-32-30-28-26-24-22-20-18-16-14-12-10-8-6-4-2/h35-38H,3-34H2,1-2H3/b37-35+,38-36+. The van der Waals surface area contributed by atoms with Crippen LogP contribution in [-0.4, -0.2) is 11.9 Å². The van der Waals surface area contributed by atoms with Crippen molar-refractivity contribution < 1.29 is 14.3 Å². The lowest BCUT2D eigenvalue weighted by atomic mass is 10.0. The highest BCUT2D eigenvalue weighted by molar-refractivity contribution is 5.96. The minimum absolute atomic E-state index is 0.553. The van der Waals surface area contributed by atoms with Gasteiger partial charge in [-0.15, -0.1) is 0 Å². The molecule has 0 aromatic rings. The Morgan fingerprint density at radius 3 is 0.791 bits per heavy atom. The second-order valence-electron chi connectivity index (χ2n) is 13.0. The van der Waals surface area contributed by atoms with Crippen LogP contribution in [0.15, 0.2) is 24.3 Å². The summed E-state index contributed by atoms with van der Waals surface area (Å²) in [5.41, 5.74) is 0. The minimum Gasteiger partial charge on any atom is -0.387 e. The molecule has 0 radical (unpaired) electrons. The topological polar surface area (TPSA) is 43.4 Å². The van der Waals surface area contributed by atoms with Gasteiger partial charge in [0, 0.05) is 12.2 Å². The fraction of sp³-hybridized carbons (Fsp3) is 0.850. The van der Waals surface area contributed by atoms with Gasteiger partial charge in [-0.2, -0.15) is 0 Å². The summed E-state index contributed by atoms with van der Waals surface area (Å²) in [5.74, 6) is -1.11. The SMILES string of the molecule is CCCCCCCCCCCCCCCCC/C=C/C(=O)OC(=O)/C=C/CCCCCCCCCCCCCCCCC. The van der Waals surface area contributed by atoms with E-state index in [4.69, 9.17) is 4.74 Å². The van der Waals surface area contributed by atoms with Crippen molar-refractivity contribution >= 4 is 11.9 Å². The summed E-state index contributed by atoms with van der Waals surface area (Å²) < 4.78 is 4.86. The summed E-state index contributed by atoms with van der Waals surface area (Å²) in [4.78, 5) is 23.7. The van der Waals surface area contributed by atoms with Crippen LogP contribution in [0.25, 0.3) is 0 Å². The monoisotopic (exact) mass is 603 g/mol. The van der Waals surface area contributed by atoms with Crippen LogP contribution in [0.3, 0.4) is 0 Å². The number of ether oxygens (including phenoxy) is 1. The van der Waals surface area contributed by atoms with Crippen LogP contribution in [0, 0.1) is 0 Å². The number of carbonyl (C=O) groups is 2. The van der Waals surface area contributed by atoms with Crippen LogP contribution in [0.1, 0.15) is 219 Å². The number of carbonyl (C=O) groups excluding carboxylic acids is 2. The van der Waals surface area contributed by atoms with Gasteiger partial charge in [0.05, 0.1) is 0 Å². The van der Waals surface area contributed by atoms with E-state index in [0.717, 1.165) is 25.7 Å². The van der Waals surface area contributed by atoms with E-state index < -0.39 is 11.9 Å². The average molecular weight is 603 g/mol. The first-order chi connectivity index (χ1) is 21.2. The lowest BCUT2D eigenvalue weighted by molar-refractivity contribution is -0.152. The lowest BCUT2D eigenvalue weighted by Crippen LogP contribution is -2.06. The zero-order valence-corrected chi connectivity index (χ0v) is 29.2. The van der Waals surface area contributed by atoms with Crippen molar-refractivity contribution in [3.8, 4) is 0 Å². The molecule has 0 fully saturated rings. The maximum Gasteiger partial charge on any atom is 0.338 e. The van der Waals surface area contributed by atoms with Gasteiger partial charge in [0.2, 0.25) is 0 Å². The number of unbranched alkanes of at least 4 members (excludes halogenated alkanes) is 30. The average Bonchev–Trinajstić information content (AvgIpc) is 3.00. The number of allylic oxidation sites excluding steroid dienone is 2. The van der Waals surface area contributed by atoms with E-state index in [1.54, 1.807) is 0 Å². The van der Waals surface area contributed by atoms with Crippen LogP contribution in [0.2, 0.25) is 0 Å². The maximum absolute atomic E-state index is 11.8. The molecule has 3 heteroatoms. The van der Waals surface area contributed by atoms with E-state index in [-0.39, 0.29) is 0 Å². The van der Waals surface area contributed by atoms with Crippen molar-refractivity contribution in [1.82, 2.24) is 0 Å². The van der Waals surface area contributed by atoms with Gasteiger partial charge in [0.25, 0.3) is 0 Å². The molecular weight excluding hydrogens is 528 g/mol. The number of rotatable bonds is 34. The third-order valence-electron chi connectivity index (χ3n) is 8.66. The summed E-state index contributed by atoms with van der Waals surface area (Å²) in [6.45, 7) is 4.56. The summed E-state index contributed by atoms with van der Waals surface area (Å²) in [6.07, 6.45) is 48.9. The molecule has 0 heterocycles. The molecule has 0 atom stereocenters. The van der Waals surface area contributed by atoms with Crippen molar-refractivity contribution in [1.29, 1.82) is 0 Å². The molecule has 0 aliphatic heterocycles. The Labute approximate surface area is 269 Å². The van der Waals surface area contributed by atoms with Gasteiger partial charge in [-0.25, -0.2) is 9.59 Å². The Balaban J connectivity index is 3.40. The van der Waals surface area contributed by atoms with Crippen LogP contribution >= 0.6 is 0 Å². The molecule has 3 nitrogen and oxygen atoms in total. The molecule has 0 aliphatic carbocycles. The first-order valence-electron chi connectivity index (χ1n) is 19.3. The van der Waals surface area contributed by atoms with Crippen LogP contribution in [0.4, 0.5) is 0 Å². The molecular formula is C40H74O3. The van der Waals surface area contributed by atoms with Gasteiger partial charge in [-0.3, -0.25) is 0 Å². The Hall–Kier alpha value is -1.38. The highest BCUT2D eigenvalue weighted by Crippen LogP contribution is 2.15. The van der Waals surface area contributed by atoms with Crippen LogP contribution in [-0.2, 0) is 14.3 Å². The molecule has 0 bridgehead atoms.